The number of Topliss-reactive ketones (excluding diaryl/α,β-unsaturated/α-hetero) is 1. The Hall–Kier alpha value is -1.26. The molecule has 2 rings (SSSR count). The molecule has 0 aliphatic carbocycles. The number of benzene rings is 1. The fraction of sp³-hybridized carbons (Fsp3) is 0.500. The minimum absolute atomic E-state index is 0.00199. The van der Waals surface area contributed by atoms with Crippen LogP contribution in [-0.2, 0) is 0 Å². The van der Waals surface area contributed by atoms with Gasteiger partial charge >= 0.3 is 0 Å². The fourth-order valence-corrected chi connectivity index (χ4v) is 2.20. The Kier molecular flexibility index (Phi) is 4.09. The predicted molar refractivity (Wildman–Crippen MR) is 69.4 cm³/mol. The highest BCUT2D eigenvalue weighted by molar-refractivity contribution is 5.97. The minimum Gasteiger partial charge on any atom is -0.304 e. The summed E-state index contributed by atoms with van der Waals surface area (Å²) in [5, 5.41) is 0. The molecule has 0 aromatic heterocycles. The van der Waals surface area contributed by atoms with Crippen LogP contribution in [0.25, 0.3) is 0 Å². The number of piperazine rings is 1. The second-order valence-electron chi connectivity index (χ2n) is 5.02. The molecule has 3 nitrogen and oxygen atoms in total. The van der Waals surface area contributed by atoms with Crippen molar-refractivity contribution < 1.29 is 9.18 Å². The molecule has 1 aliphatic heterocycles. The molecular weight excluding hydrogens is 231 g/mol. The van der Waals surface area contributed by atoms with Crippen molar-refractivity contribution in [3.8, 4) is 0 Å². The van der Waals surface area contributed by atoms with Gasteiger partial charge in [-0.25, -0.2) is 4.39 Å². The first kappa shape index (κ1) is 13.2. The van der Waals surface area contributed by atoms with Crippen molar-refractivity contribution in [2.75, 3.05) is 39.8 Å². The smallest absolute Gasteiger partial charge is 0.176 e. The summed E-state index contributed by atoms with van der Waals surface area (Å²) in [6.45, 7) is 5.95. The van der Waals surface area contributed by atoms with Crippen LogP contribution in [0.4, 0.5) is 4.39 Å². The first-order valence-corrected chi connectivity index (χ1v) is 6.26. The van der Waals surface area contributed by atoms with E-state index in [0.29, 0.717) is 12.1 Å². The molecule has 1 saturated heterocycles. The van der Waals surface area contributed by atoms with Gasteiger partial charge in [0.1, 0.15) is 5.82 Å². The van der Waals surface area contributed by atoms with Gasteiger partial charge in [0.15, 0.2) is 5.78 Å². The van der Waals surface area contributed by atoms with Crippen LogP contribution in [0.15, 0.2) is 18.2 Å². The summed E-state index contributed by atoms with van der Waals surface area (Å²) in [4.78, 5) is 16.4. The van der Waals surface area contributed by atoms with Crippen LogP contribution in [0.5, 0.6) is 0 Å². The number of hydrogen-bond donors (Lipinski definition) is 0. The number of hydrogen-bond acceptors (Lipinski definition) is 3. The van der Waals surface area contributed by atoms with E-state index in [1.54, 1.807) is 13.0 Å². The van der Waals surface area contributed by atoms with Crippen LogP contribution < -0.4 is 0 Å². The SMILES string of the molecule is Cc1cc(F)cc(C(=O)CN2CCN(C)CC2)c1. The van der Waals surface area contributed by atoms with Gasteiger partial charge in [0.2, 0.25) is 0 Å². The monoisotopic (exact) mass is 250 g/mol. The zero-order valence-corrected chi connectivity index (χ0v) is 10.9. The maximum Gasteiger partial charge on any atom is 0.176 e. The van der Waals surface area contributed by atoms with E-state index in [-0.39, 0.29) is 11.6 Å². The third-order valence-electron chi connectivity index (χ3n) is 3.33. The molecule has 0 unspecified atom stereocenters. The maximum atomic E-state index is 13.2. The summed E-state index contributed by atoms with van der Waals surface area (Å²) in [6, 6.07) is 4.51. The molecule has 4 heteroatoms. The van der Waals surface area contributed by atoms with E-state index in [9.17, 15) is 9.18 Å². The van der Waals surface area contributed by atoms with Gasteiger partial charge in [-0.2, -0.15) is 0 Å². The maximum absolute atomic E-state index is 13.2. The molecule has 0 spiro atoms. The van der Waals surface area contributed by atoms with E-state index in [1.165, 1.54) is 12.1 Å². The molecule has 1 fully saturated rings. The van der Waals surface area contributed by atoms with Gasteiger partial charge in [-0.1, -0.05) is 0 Å². The van der Waals surface area contributed by atoms with Crippen molar-refractivity contribution in [2.45, 2.75) is 6.92 Å². The van der Waals surface area contributed by atoms with Gasteiger partial charge in [-0.3, -0.25) is 9.69 Å². The lowest BCUT2D eigenvalue weighted by atomic mass is 10.1. The van der Waals surface area contributed by atoms with Gasteiger partial charge < -0.3 is 4.90 Å². The second-order valence-corrected chi connectivity index (χ2v) is 5.02. The van der Waals surface area contributed by atoms with E-state index in [1.807, 2.05) is 0 Å². The largest absolute Gasteiger partial charge is 0.304 e. The lowest BCUT2D eigenvalue weighted by molar-refractivity contribution is 0.0876. The molecule has 1 heterocycles. The summed E-state index contributed by atoms with van der Waals surface area (Å²) in [6.07, 6.45) is 0. The molecule has 0 atom stereocenters. The lowest BCUT2D eigenvalue weighted by Crippen LogP contribution is -2.46. The van der Waals surface area contributed by atoms with E-state index < -0.39 is 0 Å². The van der Waals surface area contributed by atoms with Crippen molar-refractivity contribution >= 4 is 5.78 Å². The van der Waals surface area contributed by atoms with Gasteiger partial charge in [0.05, 0.1) is 6.54 Å². The lowest BCUT2D eigenvalue weighted by Gasteiger charge is -2.31. The van der Waals surface area contributed by atoms with Crippen LogP contribution in [-0.4, -0.2) is 55.4 Å². The molecule has 1 aromatic carbocycles. The quantitative estimate of drug-likeness (QED) is 0.761. The standard InChI is InChI=1S/C14H19FN2O/c1-11-7-12(9-13(15)8-11)14(18)10-17-5-3-16(2)4-6-17/h7-9H,3-6,10H2,1-2H3. The van der Waals surface area contributed by atoms with E-state index in [0.717, 1.165) is 31.7 Å². The van der Waals surface area contributed by atoms with Crippen LogP contribution in [0, 0.1) is 12.7 Å². The van der Waals surface area contributed by atoms with Crippen LogP contribution in [0.1, 0.15) is 15.9 Å². The molecule has 0 radical (unpaired) electrons. The first-order valence-electron chi connectivity index (χ1n) is 6.26. The second kappa shape index (κ2) is 5.59. The highest BCUT2D eigenvalue weighted by Crippen LogP contribution is 2.10. The number of halogens is 1. The minimum atomic E-state index is -0.336. The average molecular weight is 250 g/mol. The molecule has 98 valence electrons. The molecule has 0 N–H and O–H groups in total. The number of ketones is 1. The summed E-state index contributed by atoms with van der Waals surface area (Å²) >= 11 is 0. The third-order valence-corrected chi connectivity index (χ3v) is 3.33. The van der Waals surface area contributed by atoms with Crippen molar-refractivity contribution in [1.29, 1.82) is 0 Å². The Bertz CT molecular complexity index is 419. The Balaban J connectivity index is 1.99. The number of aryl methyl sites for hydroxylation is 1. The summed E-state index contributed by atoms with van der Waals surface area (Å²) in [5.74, 6) is -0.334. The van der Waals surface area contributed by atoms with Gasteiger partial charge in [0, 0.05) is 31.7 Å². The molecule has 18 heavy (non-hydrogen) atoms. The summed E-state index contributed by atoms with van der Waals surface area (Å²) in [7, 11) is 2.08. The normalized spacial score (nSPS) is 17.9. The van der Waals surface area contributed by atoms with Crippen LogP contribution in [0.2, 0.25) is 0 Å². The average Bonchev–Trinajstić information content (AvgIpc) is 2.31. The van der Waals surface area contributed by atoms with Gasteiger partial charge in [0.25, 0.3) is 0 Å². The number of likely N-dealkylation sites (N-methyl/N-ethyl adjacent to an activating group) is 1. The molecule has 0 saturated carbocycles. The summed E-state index contributed by atoms with van der Waals surface area (Å²) in [5.41, 5.74) is 1.27. The van der Waals surface area contributed by atoms with E-state index in [2.05, 4.69) is 16.8 Å². The van der Waals surface area contributed by atoms with Crippen molar-refractivity contribution in [3.63, 3.8) is 0 Å². The molecule has 1 aromatic rings. The number of nitrogens with zero attached hydrogens (tertiary/aromatic N) is 2. The Morgan fingerprint density at radius 3 is 2.50 bits per heavy atom. The molecular formula is C14H19FN2O. The number of carbonyl (C=O) groups is 1. The van der Waals surface area contributed by atoms with Crippen LogP contribution >= 0.6 is 0 Å². The van der Waals surface area contributed by atoms with Crippen molar-refractivity contribution in [2.24, 2.45) is 0 Å². The molecule has 0 amide bonds. The van der Waals surface area contributed by atoms with Gasteiger partial charge in [-0.15, -0.1) is 0 Å². The predicted octanol–water partition coefficient (Wildman–Crippen LogP) is 1.56. The first-order chi connectivity index (χ1) is 8.54. The summed E-state index contributed by atoms with van der Waals surface area (Å²) < 4.78 is 13.2. The Morgan fingerprint density at radius 2 is 1.89 bits per heavy atom. The Labute approximate surface area is 107 Å². The zero-order chi connectivity index (χ0) is 13.1. The van der Waals surface area contributed by atoms with Crippen molar-refractivity contribution in [1.82, 2.24) is 9.80 Å². The third kappa shape index (κ3) is 3.37. The van der Waals surface area contributed by atoms with E-state index in [4.69, 9.17) is 0 Å². The fourth-order valence-electron chi connectivity index (χ4n) is 2.20. The number of carbonyl (C=O) groups excluding carboxylic acids is 1. The Morgan fingerprint density at radius 1 is 1.22 bits per heavy atom. The highest BCUT2D eigenvalue weighted by Gasteiger charge is 2.17. The topological polar surface area (TPSA) is 23.6 Å². The highest BCUT2D eigenvalue weighted by atomic mass is 19.1. The molecule has 0 bridgehead atoms. The van der Waals surface area contributed by atoms with Gasteiger partial charge in [-0.05, 0) is 37.7 Å². The molecule has 1 aliphatic rings. The number of rotatable bonds is 3. The zero-order valence-electron chi connectivity index (χ0n) is 10.9. The van der Waals surface area contributed by atoms with Crippen LogP contribution in [0.3, 0.4) is 0 Å². The van der Waals surface area contributed by atoms with Crippen molar-refractivity contribution in [3.05, 3.63) is 35.1 Å². The van der Waals surface area contributed by atoms with E-state index >= 15 is 0 Å².